The number of fused-ring (bicyclic) bond motifs is 1. The monoisotopic (exact) mass is 409 g/mol. The van der Waals surface area contributed by atoms with Crippen LogP contribution in [0.4, 0.5) is 0 Å². The molecule has 0 aliphatic heterocycles. The fourth-order valence-electron chi connectivity index (χ4n) is 3.33. The number of hydrogen-bond acceptors (Lipinski definition) is 3. The maximum absolute atomic E-state index is 12.9. The number of carbonyl (C=O) groups excluding carboxylic acids is 1. The van der Waals surface area contributed by atoms with Crippen LogP contribution in [0.5, 0.6) is 0 Å². The quantitative estimate of drug-likeness (QED) is 0.445. The molecule has 0 bridgehead atoms. The van der Waals surface area contributed by atoms with Crippen LogP contribution in [0, 0.1) is 0 Å². The van der Waals surface area contributed by atoms with E-state index in [2.05, 4.69) is 5.32 Å². The van der Waals surface area contributed by atoms with E-state index in [1.54, 1.807) is 11.3 Å². The van der Waals surface area contributed by atoms with Crippen LogP contribution in [0.3, 0.4) is 0 Å². The van der Waals surface area contributed by atoms with Gasteiger partial charge in [-0.1, -0.05) is 54.9 Å². The molecule has 1 atom stereocenters. The molecule has 0 aliphatic rings. The lowest BCUT2D eigenvalue weighted by Crippen LogP contribution is -2.32. The first-order chi connectivity index (χ1) is 13.7. The molecule has 1 amide bonds. The molecule has 4 rings (SSSR count). The summed E-state index contributed by atoms with van der Waals surface area (Å²) >= 11 is 7.89. The van der Waals surface area contributed by atoms with Crippen molar-refractivity contribution in [1.82, 2.24) is 15.1 Å². The largest absolute Gasteiger partial charge is 0.349 e. The summed E-state index contributed by atoms with van der Waals surface area (Å²) in [6.45, 7) is 2.53. The van der Waals surface area contributed by atoms with Gasteiger partial charge in [-0.25, -0.2) is 0 Å². The average molecular weight is 410 g/mol. The Morgan fingerprint density at radius 3 is 2.71 bits per heavy atom. The van der Waals surface area contributed by atoms with Gasteiger partial charge in [-0.2, -0.15) is 5.10 Å². The Morgan fingerprint density at radius 1 is 1.18 bits per heavy atom. The third kappa shape index (κ3) is 3.68. The number of nitrogens with one attached hydrogen (secondary N) is 1. The van der Waals surface area contributed by atoms with Crippen LogP contribution in [-0.2, 0) is 11.3 Å². The van der Waals surface area contributed by atoms with Crippen LogP contribution in [0.25, 0.3) is 22.2 Å². The van der Waals surface area contributed by atoms with Gasteiger partial charge in [-0.3, -0.25) is 9.48 Å². The topological polar surface area (TPSA) is 46.9 Å². The lowest BCUT2D eigenvalue weighted by atomic mass is 10.1. The highest BCUT2D eigenvalue weighted by Crippen LogP contribution is 2.32. The first kappa shape index (κ1) is 18.7. The summed E-state index contributed by atoms with van der Waals surface area (Å²) in [5, 5.41) is 11.5. The molecule has 0 fully saturated rings. The Bertz CT molecular complexity index is 1090. The van der Waals surface area contributed by atoms with Crippen molar-refractivity contribution in [3.63, 3.8) is 0 Å². The molecular formula is C22H20ClN3OS. The molecule has 1 N–H and O–H groups in total. The average Bonchev–Trinajstić information content (AvgIpc) is 3.36. The number of halogens is 1. The van der Waals surface area contributed by atoms with Gasteiger partial charge in [0.25, 0.3) is 0 Å². The van der Waals surface area contributed by atoms with Crippen molar-refractivity contribution in [2.24, 2.45) is 0 Å². The van der Waals surface area contributed by atoms with Gasteiger partial charge in [-0.15, -0.1) is 11.3 Å². The maximum Gasteiger partial charge on any atom is 0.245 e. The Labute approximate surface area is 172 Å². The van der Waals surface area contributed by atoms with Gasteiger partial charge in [0.1, 0.15) is 11.7 Å². The highest BCUT2D eigenvalue weighted by molar-refractivity contribution is 7.09. The minimum absolute atomic E-state index is 0.0325. The van der Waals surface area contributed by atoms with Crippen molar-refractivity contribution < 1.29 is 4.79 Å². The number of nitrogens with zero attached hydrogens (tertiary/aromatic N) is 2. The van der Waals surface area contributed by atoms with Gasteiger partial charge in [0.2, 0.25) is 5.91 Å². The molecule has 0 unspecified atom stereocenters. The molecule has 0 spiro atoms. The molecule has 0 radical (unpaired) electrons. The normalized spacial score (nSPS) is 12.2. The molecule has 0 saturated carbocycles. The van der Waals surface area contributed by atoms with Crippen LogP contribution >= 0.6 is 22.9 Å². The zero-order chi connectivity index (χ0) is 19.5. The van der Waals surface area contributed by atoms with Crippen molar-refractivity contribution >= 4 is 39.7 Å². The number of benzene rings is 2. The molecule has 28 heavy (non-hydrogen) atoms. The second kappa shape index (κ2) is 8.17. The van der Waals surface area contributed by atoms with E-state index in [0.717, 1.165) is 27.0 Å². The summed E-state index contributed by atoms with van der Waals surface area (Å²) in [4.78, 5) is 14.1. The zero-order valence-corrected chi connectivity index (χ0v) is 17.0. The van der Waals surface area contributed by atoms with E-state index in [0.29, 0.717) is 18.0 Å². The molecule has 4 aromatic rings. The fraction of sp³-hybridized carbons (Fsp3) is 0.182. The van der Waals surface area contributed by atoms with Crippen molar-refractivity contribution in [1.29, 1.82) is 0 Å². The Balaban J connectivity index is 1.73. The Hall–Kier alpha value is -2.63. The highest BCUT2D eigenvalue weighted by atomic mass is 35.5. The molecule has 2 aromatic carbocycles. The molecule has 6 heteroatoms. The fourth-order valence-corrected chi connectivity index (χ4v) is 4.15. The predicted molar refractivity (Wildman–Crippen MR) is 116 cm³/mol. The van der Waals surface area contributed by atoms with Gasteiger partial charge in [0, 0.05) is 20.8 Å². The number of hydrogen-bond donors (Lipinski definition) is 1. The minimum Gasteiger partial charge on any atom is -0.349 e. The molecule has 142 valence electrons. The molecular weight excluding hydrogens is 390 g/mol. The maximum atomic E-state index is 12.9. The zero-order valence-electron chi connectivity index (χ0n) is 15.4. The van der Waals surface area contributed by atoms with Crippen LogP contribution in [-0.4, -0.2) is 15.7 Å². The van der Waals surface area contributed by atoms with E-state index < -0.39 is 0 Å². The molecule has 2 aromatic heterocycles. The van der Waals surface area contributed by atoms with Gasteiger partial charge in [0.05, 0.1) is 12.1 Å². The minimum atomic E-state index is -0.388. The Morgan fingerprint density at radius 2 is 2.00 bits per heavy atom. The van der Waals surface area contributed by atoms with Gasteiger partial charge >= 0.3 is 0 Å². The van der Waals surface area contributed by atoms with Crippen molar-refractivity contribution in [2.45, 2.75) is 25.9 Å². The lowest BCUT2D eigenvalue weighted by molar-refractivity contribution is -0.124. The van der Waals surface area contributed by atoms with Crippen LogP contribution < -0.4 is 5.32 Å². The summed E-state index contributed by atoms with van der Waals surface area (Å²) in [5.74, 6) is -0.0325. The molecule has 4 nitrogen and oxygen atoms in total. The van der Waals surface area contributed by atoms with E-state index in [9.17, 15) is 4.79 Å². The number of thiophene rings is 1. The molecule has 0 aliphatic carbocycles. The van der Waals surface area contributed by atoms with Gasteiger partial charge < -0.3 is 5.32 Å². The van der Waals surface area contributed by atoms with E-state index in [1.165, 1.54) is 0 Å². The first-order valence-electron chi connectivity index (χ1n) is 9.20. The van der Waals surface area contributed by atoms with Crippen LogP contribution in [0.1, 0.15) is 24.3 Å². The summed E-state index contributed by atoms with van der Waals surface area (Å²) < 4.78 is 1.83. The first-order valence-corrected chi connectivity index (χ1v) is 10.5. The SMILES string of the molecule is CC[C@@H](C(=O)NCc1cccs1)n1nc(-c2ccccc2)c2cc(Cl)ccc21. The van der Waals surface area contributed by atoms with Gasteiger partial charge in [-0.05, 0) is 36.1 Å². The second-order valence-corrected chi connectivity index (χ2v) is 8.01. The number of carbonyl (C=O) groups is 1. The van der Waals surface area contributed by atoms with Gasteiger partial charge in [0.15, 0.2) is 0 Å². The summed E-state index contributed by atoms with van der Waals surface area (Å²) in [7, 11) is 0. The summed E-state index contributed by atoms with van der Waals surface area (Å²) in [6, 6.07) is 19.3. The third-order valence-corrected chi connectivity index (χ3v) is 5.83. The number of aromatic nitrogens is 2. The van der Waals surface area contributed by atoms with Crippen molar-refractivity contribution in [3.8, 4) is 11.3 Å². The molecule has 2 heterocycles. The van der Waals surface area contributed by atoms with E-state index in [-0.39, 0.29) is 11.9 Å². The van der Waals surface area contributed by atoms with E-state index in [1.807, 2.05) is 77.6 Å². The molecule has 0 saturated heterocycles. The number of rotatable bonds is 6. The van der Waals surface area contributed by atoms with Crippen LogP contribution in [0.15, 0.2) is 66.0 Å². The van der Waals surface area contributed by atoms with E-state index in [4.69, 9.17) is 16.7 Å². The third-order valence-electron chi connectivity index (χ3n) is 4.72. The van der Waals surface area contributed by atoms with Crippen molar-refractivity contribution in [2.75, 3.05) is 0 Å². The predicted octanol–water partition coefficient (Wildman–Crippen LogP) is 5.69. The van der Waals surface area contributed by atoms with Crippen molar-refractivity contribution in [3.05, 3.63) is 75.9 Å². The summed E-state index contributed by atoms with van der Waals surface area (Å²) in [6.07, 6.45) is 0.643. The lowest BCUT2D eigenvalue weighted by Gasteiger charge is -2.16. The van der Waals surface area contributed by atoms with E-state index >= 15 is 0 Å². The number of amides is 1. The highest BCUT2D eigenvalue weighted by Gasteiger charge is 2.23. The standard InChI is InChI=1S/C22H20ClN3OS/c1-2-19(22(27)24-14-17-9-6-12-28-17)26-20-11-10-16(23)13-18(20)21(25-26)15-7-4-3-5-8-15/h3-13,19H,2,14H2,1H3,(H,24,27)/t19-/m0/s1. The second-order valence-electron chi connectivity index (χ2n) is 6.54. The Kier molecular flexibility index (Phi) is 5.46. The smallest absolute Gasteiger partial charge is 0.245 e. The van der Waals surface area contributed by atoms with Crippen LogP contribution in [0.2, 0.25) is 5.02 Å². The summed E-state index contributed by atoms with van der Waals surface area (Å²) in [5.41, 5.74) is 2.74.